The molecule has 0 aliphatic rings. The van der Waals surface area contributed by atoms with Gasteiger partial charge in [0, 0.05) is 11.3 Å². The average molecular weight is 201 g/mol. The van der Waals surface area contributed by atoms with Gasteiger partial charge in [-0.2, -0.15) is 5.10 Å². The number of nitrogens with one attached hydrogen (secondary N) is 1. The molecule has 3 N–H and O–H groups in total. The van der Waals surface area contributed by atoms with E-state index < -0.39 is 0 Å². The summed E-state index contributed by atoms with van der Waals surface area (Å²) in [6.07, 6.45) is 2.78. The molecule has 0 bridgehead atoms. The largest absolute Gasteiger partial charge is 0.330 e. The average Bonchev–Trinajstić information content (AvgIpc) is 2.65. The Hall–Kier alpha value is -1.61. The fourth-order valence-electron chi connectivity index (χ4n) is 1.70. The van der Waals surface area contributed by atoms with Crippen LogP contribution in [-0.4, -0.2) is 16.7 Å². The van der Waals surface area contributed by atoms with Gasteiger partial charge in [-0.15, -0.1) is 0 Å². The van der Waals surface area contributed by atoms with Crippen molar-refractivity contribution in [2.75, 3.05) is 6.54 Å². The van der Waals surface area contributed by atoms with Crippen LogP contribution in [0.4, 0.5) is 0 Å². The third-order valence-corrected chi connectivity index (χ3v) is 2.50. The van der Waals surface area contributed by atoms with Crippen molar-refractivity contribution < 1.29 is 0 Å². The first-order valence-electron chi connectivity index (χ1n) is 5.10. The predicted molar refractivity (Wildman–Crippen MR) is 61.5 cm³/mol. The van der Waals surface area contributed by atoms with E-state index in [1.165, 1.54) is 11.1 Å². The quantitative estimate of drug-likeness (QED) is 0.796. The zero-order chi connectivity index (χ0) is 10.7. The molecule has 1 heterocycles. The molecular weight excluding hydrogens is 186 g/mol. The molecule has 0 saturated heterocycles. The molecule has 0 aliphatic heterocycles. The minimum atomic E-state index is 0.688. The zero-order valence-electron chi connectivity index (χ0n) is 8.83. The highest BCUT2D eigenvalue weighted by Gasteiger charge is 2.03. The van der Waals surface area contributed by atoms with Crippen LogP contribution in [0.3, 0.4) is 0 Å². The van der Waals surface area contributed by atoms with E-state index in [0.29, 0.717) is 6.54 Å². The van der Waals surface area contributed by atoms with Crippen molar-refractivity contribution in [2.45, 2.75) is 13.3 Å². The van der Waals surface area contributed by atoms with Gasteiger partial charge in [0.15, 0.2) is 0 Å². The first kappa shape index (κ1) is 9.93. The van der Waals surface area contributed by atoms with E-state index in [4.69, 9.17) is 5.73 Å². The van der Waals surface area contributed by atoms with Crippen molar-refractivity contribution in [3.8, 4) is 11.1 Å². The molecule has 2 aromatic rings. The lowest BCUT2D eigenvalue weighted by Gasteiger charge is -2.03. The Labute approximate surface area is 89.3 Å². The summed E-state index contributed by atoms with van der Waals surface area (Å²) in [7, 11) is 0. The molecule has 0 fully saturated rings. The monoisotopic (exact) mass is 201 g/mol. The number of hydrogen-bond donors (Lipinski definition) is 2. The lowest BCUT2D eigenvalue weighted by Crippen LogP contribution is -2.02. The van der Waals surface area contributed by atoms with Crippen molar-refractivity contribution in [1.82, 2.24) is 10.2 Å². The molecule has 3 nitrogen and oxygen atoms in total. The number of rotatable bonds is 3. The van der Waals surface area contributed by atoms with Gasteiger partial charge in [-0.3, -0.25) is 5.10 Å². The summed E-state index contributed by atoms with van der Waals surface area (Å²) in [5, 5.41) is 6.97. The van der Waals surface area contributed by atoms with Crippen molar-refractivity contribution in [3.05, 3.63) is 41.7 Å². The van der Waals surface area contributed by atoms with Gasteiger partial charge in [-0.1, -0.05) is 24.3 Å². The SMILES string of the molecule is Cc1[nH]ncc1-c1cccc(CCN)c1. The Morgan fingerprint density at radius 3 is 2.93 bits per heavy atom. The number of aryl methyl sites for hydroxylation is 1. The molecule has 0 aliphatic carbocycles. The summed E-state index contributed by atoms with van der Waals surface area (Å²) in [4.78, 5) is 0. The molecule has 2 rings (SSSR count). The van der Waals surface area contributed by atoms with Crippen LogP contribution in [0.15, 0.2) is 30.5 Å². The fourth-order valence-corrected chi connectivity index (χ4v) is 1.70. The summed E-state index contributed by atoms with van der Waals surface area (Å²) in [6.45, 7) is 2.71. The second-order valence-corrected chi connectivity index (χ2v) is 3.65. The fraction of sp³-hybridized carbons (Fsp3) is 0.250. The number of hydrogen-bond acceptors (Lipinski definition) is 2. The lowest BCUT2D eigenvalue weighted by atomic mass is 10.0. The zero-order valence-corrected chi connectivity index (χ0v) is 8.83. The van der Waals surface area contributed by atoms with Crippen LogP contribution in [0.2, 0.25) is 0 Å². The van der Waals surface area contributed by atoms with Crippen LogP contribution in [-0.2, 0) is 6.42 Å². The predicted octanol–water partition coefficient (Wildman–Crippen LogP) is 1.89. The number of aromatic amines is 1. The maximum Gasteiger partial charge on any atom is 0.0568 e. The minimum Gasteiger partial charge on any atom is -0.330 e. The van der Waals surface area contributed by atoms with Gasteiger partial charge in [0.05, 0.1) is 6.20 Å². The van der Waals surface area contributed by atoms with Gasteiger partial charge < -0.3 is 5.73 Å². The van der Waals surface area contributed by atoms with Crippen LogP contribution in [0.5, 0.6) is 0 Å². The van der Waals surface area contributed by atoms with E-state index in [0.717, 1.165) is 17.7 Å². The third-order valence-electron chi connectivity index (χ3n) is 2.50. The van der Waals surface area contributed by atoms with Gasteiger partial charge in [0.2, 0.25) is 0 Å². The Kier molecular flexibility index (Phi) is 2.83. The highest BCUT2D eigenvalue weighted by Crippen LogP contribution is 2.22. The Bertz CT molecular complexity index is 446. The number of aromatic nitrogens is 2. The van der Waals surface area contributed by atoms with Crippen molar-refractivity contribution in [3.63, 3.8) is 0 Å². The molecule has 0 radical (unpaired) electrons. The summed E-state index contributed by atoms with van der Waals surface area (Å²) in [5.41, 5.74) is 10.3. The number of nitrogens with two attached hydrogens (primary N) is 1. The van der Waals surface area contributed by atoms with E-state index in [-0.39, 0.29) is 0 Å². The minimum absolute atomic E-state index is 0.688. The van der Waals surface area contributed by atoms with Crippen molar-refractivity contribution in [2.24, 2.45) is 5.73 Å². The molecule has 1 aromatic carbocycles. The maximum absolute atomic E-state index is 5.54. The highest BCUT2D eigenvalue weighted by molar-refractivity contribution is 5.65. The molecule has 3 heteroatoms. The standard InChI is InChI=1S/C12H15N3/c1-9-12(8-14-15-9)11-4-2-3-10(7-11)5-6-13/h2-4,7-8H,5-6,13H2,1H3,(H,14,15). The number of H-pyrrole nitrogens is 1. The van der Waals surface area contributed by atoms with Gasteiger partial charge in [0.1, 0.15) is 0 Å². The Morgan fingerprint density at radius 1 is 1.40 bits per heavy atom. The number of benzene rings is 1. The van der Waals surface area contributed by atoms with E-state index >= 15 is 0 Å². The molecule has 0 unspecified atom stereocenters. The van der Waals surface area contributed by atoms with Crippen LogP contribution in [0, 0.1) is 6.92 Å². The van der Waals surface area contributed by atoms with E-state index in [2.05, 4.69) is 34.5 Å². The van der Waals surface area contributed by atoms with Gasteiger partial charge in [0.25, 0.3) is 0 Å². The van der Waals surface area contributed by atoms with Crippen LogP contribution in [0.1, 0.15) is 11.3 Å². The first-order chi connectivity index (χ1) is 7.31. The van der Waals surface area contributed by atoms with E-state index in [9.17, 15) is 0 Å². The van der Waals surface area contributed by atoms with Gasteiger partial charge in [-0.05, 0) is 31.0 Å². The first-order valence-corrected chi connectivity index (χ1v) is 5.10. The molecule has 0 saturated carbocycles. The van der Waals surface area contributed by atoms with E-state index in [1.54, 1.807) is 0 Å². The molecule has 0 amide bonds. The highest BCUT2D eigenvalue weighted by atomic mass is 15.1. The summed E-state index contributed by atoms with van der Waals surface area (Å²) < 4.78 is 0. The maximum atomic E-state index is 5.54. The van der Waals surface area contributed by atoms with Crippen molar-refractivity contribution in [1.29, 1.82) is 0 Å². The van der Waals surface area contributed by atoms with Gasteiger partial charge >= 0.3 is 0 Å². The van der Waals surface area contributed by atoms with E-state index in [1.807, 2.05) is 13.1 Å². The second-order valence-electron chi connectivity index (χ2n) is 3.65. The Morgan fingerprint density at radius 2 is 2.27 bits per heavy atom. The molecule has 0 atom stereocenters. The lowest BCUT2D eigenvalue weighted by molar-refractivity contribution is 0.969. The second kappa shape index (κ2) is 4.28. The van der Waals surface area contributed by atoms with Crippen LogP contribution < -0.4 is 5.73 Å². The Balaban J connectivity index is 2.37. The summed E-state index contributed by atoms with van der Waals surface area (Å²) >= 11 is 0. The molecule has 78 valence electrons. The molecule has 15 heavy (non-hydrogen) atoms. The van der Waals surface area contributed by atoms with Gasteiger partial charge in [-0.25, -0.2) is 0 Å². The summed E-state index contributed by atoms with van der Waals surface area (Å²) in [5.74, 6) is 0. The molecular formula is C12H15N3. The van der Waals surface area contributed by atoms with Crippen LogP contribution >= 0.6 is 0 Å². The van der Waals surface area contributed by atoms with Crippen molar-refractivity contribution >= 4 is 0 Å². The molecule has 1 aromatic heterocycles. The topological polar surface area (TPSA) is 54.7 Å². The normalized spacial score (nSPS) is 10.5. The smallest absolute Gasteiger partial charge is 0.0568 e. The third kappa shape index (κ3) is 2.07. The number of nitrogens with zero attached hydrogens (tertiary/aromatic N) is 1. The molecule has 0 spiro atoms. The van der Waals surface area contributed by atoms with Crippen LogP contribution in [0.25, 0.3) is 11.1 Å². The summed E-state index contributed by atoms with van der Waals surface area (Å²) in [6, 6.07) is 8.43.